The number of aliphatic imine (C=N–C) groups is 1. The number of aryl methyl sites for hydroxylation is 1. The highest BCUT2D eigenvalue weighted by atomic mass is 16.6. The van der Waals surface area contributed by atoms with E-state index in [1.807, 2.05) is 43.3 Å². The summed E-state index contributed by atoms with van der Waals surface area (Å²) < 4.78 is 16.9. The van der Waals surface area contributed by atoms with Gasteiger partial charge < -0.3 is 24.6 Å². The normalized spacial score (nSPS) is 17.2. The molecular formula is C28H36N2O6. The second kappa shape index (κ2) is 12.0. The first-order valence-electron chi connectivity index (χ1n) is 12.2. The SMILES string of the molecule is Cc1cccc(CNC(=O)[C@@]2(CCC(=O)OC(C)(C)C)COC(c3ccc(OCCCO)cc3)=N2)c1. The van der Waals surface area contributed by atoms with Gasteiger partial charge in [-0.05, 0) is 63.9 Å². The molecule has 0 bridgehead atoms. The second-order valence-corrected chi connectivity index (χ2v) is 9.95. The zero-order valence-electron chi connectivity index (χ0n) is 21.5. The van der Waals surface area contributed by atoms with Crippen molar-refractivity contribution in [3.63, 3.8) is 0 Å². The van der Waals surface area contributed by atoms with Crippen LogP contribution in [0.5, 0.6) is 5.75 Å². The molecule has 1 amide bonds. The summed E-state index contributed by atoms with van der Waals surface area (Å²) in [5, 5.41) is 11.9. The third kappa shape index (κ3) is 7.81. The number of esters is 1. The summed E-state index contributed by atoms with van der Waals surface area (Å²) in [6, 6.07) is 15.1. The number of rotatable bonds is 11. The van der Waals surface area contributed by atoms with Gasteiger partial charge >= 0.3 is 5.97 Å². The lowest BCUT2D eigenvalue weighted by atomic mass is 9.94. The number of aliphatic hydroxyl groups is 1. The molecule has 1 aliphatic heterocycles. The van der Waals surface area contributed by atoms with E-state index in [1.165, 1.54) is 0 Å². The molecule has 0 aliphatic carbocycles. The van der Waals surface area contributed by atoms with Gasteiger partial charge in [0.1, 0.15) is 18.0 Å². The van der Waals surface area contributed by atoms with Crippen molar-refractivity contribution >= 4 is 17.8 Å². The van der Waals surface area contributed by atoms with Gasteiger partial charge in [0.2, 0.25) is 5.90 Å². The Balaban J connectivity index is 1.76. The third-order valence-corrected chi connectivity index (χ3v) is 5.56. The summed E-state index contributed by atoms with van der Waals surface area (Å²) >= 11 is 0. The van der Waals surface area contributed by atoms with E-state index in [4.69, 9.17) is 24.3 Å². The molecule has 2 aromatic rings. The highest BCUT2D eigenvalue weighted by molar-refractivity contribution is 6.00. The van der Waals surface area contributed by atoms with E-state index >= 15 is 0 Å². The van der Waals surface area contributed by atoms with Gasteiger partial charge in [-0.3, -0.25) is 9.59 Å². The first-order chi connectivity index (χ1) is 17.1. The Hall–Kier alpha value is -3.39. The van der Waals surface area contributed by atoms with Crippen molar-refractivity contribution in [3.05, 3.63) is 65.2 Å². The van der Waals surface area contributed by atoms with Crippen LogP contribution in [0.25, 0.3) is 0 Å². The molecule has 1 atom stereocenters. The number of benzene rings is 2. The summed E-state index contributed by atoms with van der Waals surface area (Å²) in [5.74, 6) is 0.317. The second-order valence-electron chi connectivity index (χ2n) is 9.95. The maximum Gasteiger partial charge on any atom is 0.306 e. The van der Waals surface area contributed by atoms with Crippen LogP contribution in [0.15, 0.2) is 53.5 Å². The van der Waals surface area contributed by atoms with Crippen molar-refractivity contribution in [2.24, 2.45) is 4.99 Å². The number of carbonyl (C=O) groups is 2. The maximum atomic E-state index is 13.4. The zero-order valence-corrected chi connectivity index (χ0v) is 21.5. The van der Waals surface area contributed by atoms with Gasteiger partial charge in [0.05, 0.1) is 6.61 Å². The van der Waals surface area contributed by atoms with Crippen molar-refractivity contribution in [1.29, 1.82) is 0 Å². The average molecular weight is 497 g/mol. The Morgan fingerprint density at radius 1 is 1.17 bits per heavy atom. The molecule has 2 aromatic carbocycles. The molecule has 0 saturated heterocycles. The fraction of sp³-hybridized carbons (Fsp3) is 0.464. The van der Waals surface area contributed by atoms with Crippen molar-refractivity contribution in [3.8, 4) is 5.75 Å². The first-order valence-corrected chi connectivity index (χ1v) is 12.2. The molecule has 0 fully saturated rings. The average Bonchev–Trinajstić information content (AvgIpc) is 3.27. The van der Waals surface area contributed by atoms with Crippen LogP contribution in [0.4, 0.5) is 0 Å². The molecule has 0 spiro atoms. The van der Waals surface area contributed by atoms with E-state index in [9.17, 15) is 9.59 Å². The Morgan fingerprint density at radius 2 is 1.92 bits per heavy atom. The Bertz CT molecular complexity index is 1070. The van der Waals surface area contributed by atoms with Crippen molar-refractivity contribution in [2.75, 3.05) is 19.8 Å². The lowest BCUT2D eigenvalue weighted by Crippen LogP contribution is -2.47. The van der Waals surface area contributed by atoms with E-state index < -0.39 is 11.1 Å². The van der Waals surface area contributed by atoms with Crippen LogP contribution in [-0.2, 0) is 25.6 Å². The topological polar surface area (TPSA) is 106 Å². The molecule has 1 aliphatic rings. The maximum absolute atomic E-state index is 13.4. The van der Waals surface area contributed by atoms with E-state index in [1.54, 1.807) is 32.9 Å². The van der Waals surface area contributed by atoms with Gasteiger partial charge in [-0.15, -0.1) is 0 Å². The van der Waals surface area contributed by atoms with E-state index in [-0.39, 0.29) is 37.9 Å². The third-order valence-electron chi connectivity index (χ3n) is 5.56. The van der Waals surface area contributed by atoms with Crippen LogP contribution in [0.3, 0.4) is 0 Å². The van der Waals surface area contributed by atoms with Gasteiger partial charge in [0.15, 0.2) is 5.54 Å². The minimum absolute atomic E-state index is 0.0273. The standard InChI is InChI=1S/C28H36N2O6/c1-20-7-5-8-21(17-20)18-29-26(33)28(14-13-24(32)36-27(2,3)4)19-35-25(30-28)22-9-11-23(12-10-22)34-16-6-15-31/h5,7-12,17,31H,6,13-16,18-19H2,1-4H3,(H,29,33)/t28-/m1/s1. The van der Waals surface area contributed by atoms with Crippen LogP contribution in [0, 0.1) is 6.92 Å². The Morgan fingerprint density at radius 3 is 2.58 bits per heavy atom. The molecule has 194 valence electrons. The summed E-state index contributed by atoms with van der Waals surface area (Å²) in [6.07, 6.45) is 0.746. The molecule has 8 nitrogen and oxygen atoms in total. The summed E-state index contributed by atoms with van der Waals surface area (Å²) in [7, 11) is 0. The smallest absolute Gasteiger partial charge is 0.306 e. The quantitative estimate of drug-likeness (QED) is 0.363. The number of carbonyl (C=O) groups excluding carboxylic acids is 2. The van der Waals surface area contributed by atoms with Crippen LogP contribution in [-0.4, -0.2) is 53.8 Å². The number of nitrogens with one attached hydrogen (secondary N) is 1. The number of hydrogen-bond acceptors (Lipinski definition) is 7. The fourth-order valence-corrected chi connectivity index (χ4v) is 3.77. The van der Waals surface area contributed by atoms with Gasteiger partial charge in [0.25, 0.3) is 5.91 Å². The molecule has 0 saturated carbocycles. The lowest BCUT2D eigenvalue weighted by Gasteiger charge is -2.24. The zero-order chi connectivity index (χ0) is 26.2. The summed E-state index contributed by atoms with van der Waals surface area (Å²) in [5.41, 5.74) is 0.932. The van der Waals surface area contributed by atoms with Crippen LogP contribution in [0.2, 0.25) is 0 Å². The Labute approximate surface area is 212 Å². The molecule has 0 aromatic heterocycles. The van der Waals surface area contributed by atoms with Crippen molar-refractivity contribution in [2.45, 2.75) is 64.6 Å². The summed E-state index contributed by atoms with van der Waals surface area (Å²) in [4.78, 5) is 30.5. The number of hydrogen-bond donors (Lipinski definition) is 2. The first kappa shape index (κ1) is 27.2. The monoisotopic (exact) mass is 496 g/mol. The predicted octanol–water partition coefficient (Wildman–Crippen LogP) is 3.71. The summed E-state index contributed by atoms with van der Waals surface area (Å²) in [6.45, 7) is 8.28. The van der Waals surface area contributed by atoms with E-state index in [2.05, 4.69) is 5.32 Å². The molecule has 0 unspecified atom stereocenters. The molecule has 1 heterocycles. The highest BCUT2D eigenvalue weighted by Crippen LogP contribution is 2.29. The highest BCUT2D eigenvalue weighted by Gasteiger charge is 2.44. The van der Waals surface area contributed by atoms with E-state index in [0.717, 1.165) is 11.1 Å². The lowest BCUT2D eigenvalue weighted by molar-refractivity contribution is -0.155. The largest absolute Gasteiger partial charge is 0.494 e. The van der Waals surface area contributed by atoms with Crippen LogP contribution >= 0.6 is 0 Å². The van der Waals surface area contributed by atoms with Gasteiger partial charge in [-0.25, -0.2) is 4.99 Å². The fourth-order valence-electron chi connectivity index (χ4n) is 3.77. The molecule has 2 N–H and O–H groups in total. The van der Waals surface area contributed by atoms with Gasteiger partial charge in [0, 0.05) is 31.6 Å². The van der Waals surface area contributed by atoms with Crippen LogP contribution < -0.4 is 10.1 Å². The van der Waals surface area contributed by atoms with Crippen molar-refractivity contribution in [1.82, 2.24) is 5.32 Å². The molecule has 36 heavy (non-hydrogen) atoms. The van der Waals surface area contributed by atoms with Gasteiger partial charge in [-0.2, -0.15) is 0 Å². The van der Waals surface area contributed by atoms with Gasteiger partial charge in [-0.1, -0.05) is 29.8 Å². The number of amides is 1. The van der Waals surface area contributed by atoms with Crippen LogP contribution in [0.1, 0.15) is 56.7 Å². The predicted molar refractivity (Wildman–Crippen MR) is 137 cm³/mol. The molecule has 8 heteroatoms. The van der Waals surface area contributed by atoms with Crippen molar-refractivity contribution < 1.29 is 28.9 Å². The van der Waals surface area contributed by atoms with E-state index in [0.29, 0.717) is 36.8 Å². The molecular weight excluding hydrogens is 460 g/mol. The molecule has 0 radical (unpaired) electrons. The number of ether oxygens (including phenoxy) is 3. The Kier molecular flexibility index (Phi) is 9.09. The minimum Gasteiger partial charge on any atom is -0.494 e. The minimum atomic E-state index is -1.24. The number of aliphatic hydroxyl groups excluding tert-OH is 1. The number of nitrogens with zero attached hydrogens (tertiary/aromatic N) is 1. The molecule has 3 rings (SSSR count).